The second-order valence-corrected chi connectivity index (χ2v) is 34.9. The third-order valence-corrected chi connectivity index (χ3v) is 26.9. The molecule has 5 nitrogen and oxygen atoms in total. The van der Waals surface area contributed by atoms with Gasteiger partial charge >= 0.3 is 0 Å². The smallest absolute Gasteiger partial charge is 0.135 e. The van der Waals surface area contributed by atoms with Crippen molar-refractivity contribution >= 4 is 141 Å². The van der Waals surface area contributed by atoms with E-state index in [1.165, 1.54) is 230 Å². The van der Waals surface area contributed by atoms with Gasteiger partial charge < -0.3 is 22.7 Å². The number of furan rings is 1. The summed E-state index contributed by atoms with van der Waals surface area (Å²) in [5.74, 6) is 0. The summed E-state index contributed by atoms with van der Waals surface area (Å²) in [4.78, 5) is 0. The summed E-state index contributed by atoms with van der Waals surface area (Å²) in [6.07, 6.45) is 0. The van der Waals surface area contributed by atoms with Gasteiger partial charge in [0.05, 0.1) is 61.2 Å². The van der Waals surface area contributed by atoms with Crippen LogP contribution in [0.3, 0.4) is 0 Å². The van der Waals surface area contributed by atoms with Crippen LogP contribution >= 0.6 is 11.3 Å². The molecule has 0 aliphatic rings. The average Bonchev–Trinajstić information content (AvgIpc) is 1.59. The summed E-state index contributed by atoms with van der Waals surface area (Å²) in [5, 5.41) is 15.4. The Morgan fingerprint density at radius 2 is 0.595 bits per heavy atom. The first-order valence-electron chi connectivity index (χ1n) is 43.5. The van der Waals surface area contributed by atoms with Gasteiger partial charge in [-0.15, -0.1) is 11.3 Å². The van der Waals surface area contributed by atoms with Gasteiger partial charge in [-0.05, 0) is 236 Å². The third kappa shape index (κ3) is 12.7. The highest BCUT2D eigenvalue weighted by molar-refractivity contribution is 7.26. The number of hydrogen-bond acceptors (Lipinski definition) is 2. The van der Waals surface area contributed by atoms with Crippen LogP contribution in [0.15, 0.2) is 417 Å². The molecule has 0 N–H and O–H groups in total. The summed E-state index contributed by atoms with van der Waals surface area (Å²) in [5.41, 5.74) is 38.8. The largest absolute Gasteiger partial charge is 0.456 e. The second kappa shape index (κ2) is 30.8. The molecule has 0 saturated carbocycles. The van der Waals surface area contributed by atoms with Crippen molar-refractivity contribution in [3.05, 3.63) is 446 Å². The SMILES string of the molecule is Cc1ccc2c(c1)c1cc(C)ccc1n2-c1ccccc1-c1cccc(-c2ccc3oc4ccccc4c3c2)c1.Cc1ccc2c3ccc(C)cc3n(-c3ccccc3-c3cccc(-c4cccc5sc6ccccc6c45)c3)c2c1.Cc1cccc2c1c1c(C)cccc1n2-c1ccccc1-c1ccc(-c2cccc3c4ccccc4n(-c4ccccc4)c23)cc1. The van der Waals surface area contributed by atoms with Gasteiger partial charge in [0.2, 0.25) is 0 Å². The normalized spacial score (nSPS) is 11.7. The number of thiophene rings is 1. The molecular formula is C120H86N4OS. The molecule has 0 bridgehead atoms. The van der Waals surface area contributed by atoms with Crippen LogP contribution in [0, 0.1) is 41.5 Å². The lowest BCUT2D eigenvalue weighted by atomic mass is 9.95. The zero-order chi connectivity index (χ0) is 84.4. The van der Waals surface area contributed by atoms with E-state index in [1.54, 1.807) is 0 Å². The van der Waals surface area contributed by atoms with Crippen molar-refractivity contribution in [1.82, 2.24) is 18.3 Å². The molecule has 25 rings (SSSR count). The van der Waals surface area contributed by atoms with E-state index in [4.69, 9.17) is 4.42 Å². The Hall–Kier alpha value is -15.6. The molecule has 0 radical (unpaired) electrons. The fourth-order valence-electron chi connectivity index (χ4n) is 20.0. The topological polar surface area (TPSA) is 32.9 Å². The van der Waals surface area contributed by atoms with E-state index < -0.39 is 0 Å². The third-order valence-electron chi connectivity index (χ3n) is 25.8. The van der Waals surface area contributed by atoms with Crippen LogP contribution in [-0.4, -0.2) is 18.3 Å². The summed E-state index contributed by atoms with van der Waals surface area (Å²) < 4.78 is 18.5. The zero-order valence-electron chi connectivity index (χ0n) is 70.9. The van der Waals surface area contributed by atoms with Crippen molar-refractivity contribution in [2.24, 2.45) is 0 Å². The minimum absolute atomic E-state index is 0.920. The molecule has 0 amide bonds. The highest BCUT2D eigenvalue weighted by atomic mass is 32.1. The van der Waals surface area contributed by atoms with Gasteiger partial charge in [0.25, 0.3) is 0 Å². The quantitative estimate of drug-likeness (QED) is 0.134. The summed E-state index contributed by atoms with van der Waals surface area (Å²) in [7, 11) is 0. The van der Waals surface area contributed by atoms with Crippen LogP contribution in [0.4, 0.5) is 0 Å². The van der Waals surface area contributed by atoms with Gasteiger partial charge in [-0.3, -0.25) is 0 Å². The van der Waals surface area contributed by atoms with Gasteiger partial charge in [-0.25, -0.2) is 0 Å². The first-order chi connectivity index (χ1) is 62.0. The maximum atomic E-state index is 6.08. The summed E-state index contributed by atoms with van der Waals surface area (Å²) >= 11 is 1.87. The van der Waals surface area contributed by atoms with E-state index in [0.717, 1.165) is 21.9 Å². The van der Waals surface area contributed by atoms with Crippen LogP contribution in [-0.2, 0) is 0 Å². The molecule has 0 aliphatic carbocycles. The Morgan fingerprint density at radius 1 is 0.198 bits per heavy atom. The van der Waals surface area contributed by atoms with Crippen LogP contribution in [0.5, 0.6) is 0 Å². The van der Waals surface area contributed by atoms with E-state index in [-0.39, 0.29) is 0 Å². The number of aromatic nitrogens is 4. The van der Waals surface area contributed by atoms with Gasteiger partial charge in [0.1, 0.15) is 11.2 Å². The Bertz CT molecular complexity index is 8500. The van der Waals surface area contributed by atoms with Crippen LogP contribution in [0.2, 0.25) is 0 Å². The highest BCUT2D eigenvalue weighted by Gasteiger charge is 2.24. The van der Waals surface area contributed by atoms with E-state index in [1.807, 2.05) is 23.5 Å². The van der Waals surface area contributed by atoms with E-state index in [9.17, 15) is 0 Å². The predicted molar refractivity (Wildman–Crippen MR) is 538 cm³/mol. The van der Waals surface area contributed by atoms with E-state index >= 15 is 0 Å². The maximum absolute atomic E-state index is 6.08. The molecule has 126 heavy (non-hydrogen) atoms. The molecule has 0 aliphatic heterocycles. The summed E-state index contributed by atoms with van der Waals surface area (Å²) in [6, 6.07) is 150. The lowest BCUT2D eigenvalue weighted by Gasteiger charge is -2.15. The first kappa shape index (κ1) is 75.4. The number of benzene rings is 19. The lowest BCUT2D eigenvalue weighted by Crippen LogP contribution is -1.97. The lowest BCUT2D eigenvalue weighted by molar-refractivity contribution is 0.669. The molecule has 6 heterocycles. The molecule has 0 atom stereocenters. The average molecular weight is 1630 g/mol. The molecule has 19 aromatic carbocycles. The minimum Gasteiger partial charge on any atom is -0.456 e. The van der Waals surface area contributed by atoms with Crippen LogP contribution in [0.25, 0.3) is 219 Å². The molecule has 0 fully saturated rings. The molecule has 0 unspecified atom stereocenters. The monoisotopic (exact) mass is 1630 g/mol. The predicted octanol–water partition coefficient (Wildman–Crippen LogP) is 33.6. The minimum atomic E-state index is 0.920. The molecule has 6 heteroatoms. The maximum Gasteiger partial charge on any atom is 0.135 e. The molecular weight excluding hydrogens is 1550 g/mol. The Morgan fingerprint density at radius 3 is 1.23 bits per heavy atom. The number of para-hydroxylation sites is 7. The van der Waals surface area contributed by atoms with Gasteiger partial charge in [0, 0.05) is 102 Å². The van der Waals surface area contributed by atoms with Crippen molar-refractivity contribution in [1.29, 1.82) is 0 Å². The second-order valence-electron chi connectivity index (χ2n) is 33.8. The number of rotatable bonds is 10. The fourth-order valence-corrected chi connectivity index (χ4v) is 21.2. The molecule has 0 saturated heterocycles. The van der Waals surface area contributed by atoms with Gasteiger partial charge in [0.15, 0.2) is 0 Å². The van der Waals surface area contributed by atoms with E-state index in [2.05, 4.69) is 460 Å². The van der Waals surface area contributed by atoms with Crippen molar-refractivity contribution < 1.29 is 4.42 Å². The standard InChI is InChI=1S/C44H32N2.C38H27NO.C38H27NS/c1-29-13-10-23-40-42(29)43-30(2)14-11-24-41(43)46(40)38-21-8-6-17-34(38)31-25-27-32(28-26-31)35-19-12-20-37-36-18-7-9-22-39(36)45(44(35)37)33-15-4-3-5-16-33;1-24-14-17-35-31(20-24)32-21-25(2)15-18-36(32)39(35)34-12-5-3-10-29(34)28-9-7-8-26(22-28)27-16-19-38-33(23-27)30-11-4-6-13-37(30)40-38;1-24-17-19-30-31-20-18-25(2)22-35(31)39(34(30)21-24)33-14-5-3-11-28(33)26-9-7-10-27(23-26)29-13-8-16-37-38(29)32-12-4-6-15-36(32)40-37/h3-28H,1-2H3;2*3-23H,1-2H3. The number of hydrogen-bond donors (Lipinski definition) is 0. The molecule has 0 spiro atoms. The van der Waals surface area contributed by atoms with Crippen molar-refractivity contribution in [2.45, 2.75) is 41.5 Å². The van der Waals surface area contributed by atoms with Gasteiger partial charge in [-0.1, -0.05) is 296 Å². The Labute approximate surface area is 735 Å². The van der Waals surface area contributed by atoms with Crippen molar-refractivity contribution in [3.8, 4) is 89.5 Å². The van der Waals surface area contributed by atoms with Crippen molar-refractivity contribution in [2.75, 3.05) is 0 Å². The van der Waals surface area contributed by atoms with E-state index in [0.29, 0.717) is 0 Å². The molecule has 598 valence electrons. The number of nitrogens with zero attached hydrogens (tertiary/aromatic N) is 4. The fraction of sp³-hybridized carbons (Fsp3) is 0.0500. The Balaban J connectivity index is 0.000000109. The zero-order valence-corrected chi connectivity index (χ0v) is 71.7. The van der Waals surface area contributed by atoms with Crippen LogP contribution in [0.1, 0.15) is 33.4 Å². The van der Waals surface area contributed by atoms with Crippen LogP contribution < -0.4 is 0 Å². The first-order valence-corrected chi connectivity index (χ1v) is 44.3. The Kier molecular flexibility index (Phi) is 18.4. The van der Waals surface area contributed by atoms with Gasteiger partial charge in [-0.2, -0.15) is 0 Å². The molecule has 6 aromatic heterocycles. The summed E-state index contributed by atoms with van der Waals surface area (Å²) in [6.45, 7) is 13.1. The highest BCUT2D eigenvalue weighted by Crippen LogP contribution is 2.47. The van der Waals surface area contributed by atoms with Crippen molar-refractivity contribution in [3.63, 3.8) is 0 Å². The molecule has 25 aromatic rings. The number of fused-ring (bicyclic) bond motifs is 18. The number of aryl methyl sites for hydroxylation is 6.